The Kier molecular flexibility index (Phi) is 4.51. The number of benzene rings is 2. The van der Waals surface area contributed by atoms with Crippen LogP contribution in [0.3, 0.4) is 0 Å². The molecule has 2 fully saturated rings. The first kappa shape index (κ1) is 18.7. The van der Waals surface area contributed by atoms with Gasteiger partial charge in [0.1, 0.15) is 5.82 Å². The zero-order chi connectivity index (χ0) is 20.8. The van der Waals surface area contributed by atoms with E-state index in [-0.39, 0.29) is 30.0 Å². The molecule has 0 radical (unpaired) electrons. The van der Waals surface area contributed by atoms with Crippen molar-refractivity contribution in [2.45, 2.75) is 31.3 Å². The van der Waals surface area contributed by atoms with Crippen molar-refractivity contribution in [3.8, 4) is 0 Å². The first-order chi connectivity index (χ1) is 14.5. The lowest BCUT2D eigenvalue weighted by Gasteiger charge is -2.35. The molecule has 0 bridgehead atoms. The van der Waals surface area contributed by atoms with E-state index >= 15 is 0 Å². The van der Waals surface area contributed by atoms with Gasteiger partial charge in [-0.1, -0.05) is 12.1 Å². The van der Waals surface area contributed by atoms with Gasteiger partial charge in [0.2, 0.25) is 5.91 Å². The zero-order valence-electron chi connectivity index (χ0n) is 16.3. The third-order valence-corrected chi connectivity index (χ3v) is 6.14. The number of halogens is 1. The minimum atomic E-state index is -0.511. The molecule has 1 aromatic heterocycles. The Balaban J connectivity index is 1.31. The van der Waals surface area contributed by atoms with Crippen LogP contribution in [0.4, 0.5) is 10.1 Å². The maximum Gasteiger partial charge on any atom is 0.326 e. The summed E-state index contributed by atoms with van der Waals surface area (Å²) in [6.45, 7) is 1.25. The average Bonchev–Trinajstić information content (AvgIpc) is 3.24. The van der Waals surface area contributed by atoms with Crippen molar-refractivity contribution >= 4 is 28.5 Å². The van der Waals surface area contributed by atoms with Gasteiger partial charge in [-0.3, -0.25) is 19.1 Å². The van der Waals surface area contributed by atoms with E-state index in [9.17, 15) is 18.8 Å². The average molecular weight is 408 g/mol. The lowest BCUT2D eigenvalue weighted by Crippen LogP contribution is -2.46. The fourth-order valence-electron chi connectivity index (χ4n) is 4.66. The Morgan fingerprint density at radius 2 is 1.63 bits per heavy atom. The van der Waals surface area contributed by atoms with Gasteiger partial charge in [0.05, 0.1) is 29.2 Å². The molecule has 7 nitrogen and oxygen atoms in total. The number of rotatable bonds is 3. The summed E-state index contributed by atoms with van der Waals surface area (Å²) in [6.07, 6.45) is 1.56. The Hall–Kier alpha value is -3.26. The Labute approximate surface area is 171 Å². The molecule has 3 heterocycles. The maximum atomic E-state index is 13.2. The van der Waals surface area contributed by atoms with Crippen molar-refractivity contribution in [2.24, 2.45) is 0 Å². The number of carbonyl (C=O) groups is 2. The molecule has 2 aliphatic rings. The largest absolute Gasteiger partial charge is 0.326 e. The Morgan fingerprint density at radius 3 is 2.37 bits per heavy atom. The van der Waals surface area contributed by atoms with Crippen molar-refractivity contribution in [1.29, 1.82) is 0 Å². The van der Waals surface area contributed by atoms with Gasteiger partial charge in [0.25, 0.3) is 5.91 Å². The van der Waals surface area contributed by atoms with Crippen molar-refractivity contribution in [3.63, 3.8) is 0 Å². The molecule has 0 spiro atoms. The second-order valence-corrected chi connectivity index (χ2v) is 7.85. The minimum absolute atomic E-state index is 0.0466. The van der Waals surface area contributed by atoms with Gasteiger partial charge in [-0.15, -0.1) is 0 Å². The highest BCUT2D eigenvalue weighted by Gasteiger charge is 2.43. The summed E-state index contributed by atoms with van der Waals surface area (Å²) in [4.78, 5) is 44.0. The number of nitrogens with one attached hydrogen (secondary N) is 1. The molecule has 0 aliphatic carbocycles. The fraction of sp³-hybridized carbons (Fsp3) is 0.318. The van der Waals surface area contributed by atoms with Gasteiger partial charge in [-0.2, -0.15) is 0 Å². The van der Waals surface area contributed by atoms with Crippen LogP contribution in [0.25, 0.3) is 11.0 Å². The Bertz CT molecular complexity index is 1180. The summed E-state index contributed by atoms with van der Waals surface area (Å²) in [6, 6.07) is 12.5. The van der Waals surface area contributed by atoms with Gasteiger partial charge in [-0.25, -0.2) is 14.1 Å². The second-order valence-electron chi connectivity index (χ2n) is 7.85. The van der Waals surface area contributed by atoms with Gasteiger partial charge < -0.3 is 4.98 Å². The lowest BCUT2D eigenvalue weighted by molar-refractivity contribution is -0.123. The number of likely N-dealkylation sites (tertiary alicyclic amines) is 1. The number of nitrogens with zero attached hydrogens (tertiary/aromatic N) is 3. The molecule has 2 aliphatic heterocycles. The van der Waals surface area contributed by atoms with E-state index in [0.29, 0.717) is 18.8 Å². The number of aromatic nitrogens is 2. The number of fused-ring (bicyclic) bond motifs is 1. The number of imidazole rings is 1. The smallest absolute Gasteiger partial charge is 0.306 e. The molecule has 154 valence electrons. The molecule has 2 saturated heterocycles. The molecule has 0 saturated carbocycles. The van der Waals surface area contributed by atoms with Crippen LogP contribution in [0.2, 0.25) is 0 Å². The van der Waals surface area contributed by atoms with Gasteiger partial charge in [0.15, 0.2) is 0 Å². The van der Waals surface area contributed by atoms with Crippen LogP contribution >= 0.6 is 0 Å². The zero-order valence-corrected chi connectivity index (χ0v) is 16.3. The van der Waals surface area contributed by atoms with E-state index in [0.717, 1.165) is 28.8 Å². The van der Waals surface area contributed by atoms with E-state index in [1.165, 1.54) is 24.3 Å². The molecule has 5 rings (SSSR count). The predicted octanol–water partition coefficient (Wildman–Crippen LogP) is 2.44. The predicted molar refractivity (Wildman–Crippen MR) is 110 cm³/mol. The standard InChI is InChI=1S/C22H21FN4O3/c23-14-5-7-15(8-6-14)27-20(28)13-19(21(27)29)25-11-9-16(10-12-25)26-18-4-2-1-3-17(18)24-22(26)30/h1-8,16,19H,9-13H2,(H,24,30)/t19-/m0/s1. The van der Waals surface area contributed by atoms with E-state index in [1.54, 1.807) is 4.57 Å². The van der Waals surface area contributed by atoms with Gasteiger partial charge in [-0.05, 0) is 49.2 Å². The highest BCUT2D eigenvalue weighted by molar-refractivity contribution is 6.22. The third-order valence-electron chi connectivity index (χ3n) is 6.14. The van der Waals surface area contributed by atoms with Crippen LogP contribution < -0.4 is 10.6 Å². The summed E-state index contributed by atoms with van der Waals surface area (Å²) >= 11 is 0. The molecular weight excluding hydrogens is 387 g/mol. The van der Waals surface area contributed by atoms with Crippen molar-refractivity contribution in [2.75, 3.05) is 18.0 Å². The fourth-order valence-corrected chi connectivity index (χ4v) is 4.66. The highest BCUT2D eigenvalue weighted by Crippen LogP contribution is 2.30. The molecule has 2 aromatic carbocycles. The number of hydrogen-bond acceptors (Lipinski definition) is 4. The second kappa shape index (κ2) is 7.21. The van der Waals surface area contributed by atoms with Crippen molar-refractivity contribution < 1.29 is 14.0 Å². The number of aromatic amines is 1. The van der Waals surface area contributed by atoms with E-state index in [4.69, 9.17) is 0 Å². The Morgan fingerprint density at radius 1 is 0.933 bits per heavy atom. The van der Waals surface area contributed by atoms with E-state index in [2.05, 4.69) is 4.98 Å². The number of imide groups is 1. The van der Waals surface area contributed by atoms with Gasteiger partial charge >= 0.3 is 5.69 Å². The van der Waals surface area contributed by atoms with Crippen LogP contribution in [0.5, 0.6) is 0 Å². The minimum Gasteiger partial charge on any atom is -0.306 e. The van der Waals surface area contributed by atoms with Crippen LogP contribution in [-0.2, 0) is 9.59 Å². The number of carbonyl (C=O) groups excluding carboxylic acids is 2. The number of anilines is 1. The summed E-state index contributed by atoms with van der Waals surface area (Å²) in [5, 5.41) is 0. The first-order valence-electron chi connectivity index (χ1n) is 10.1. The molecule has 8 heteroatoms. The number of piperidine rings is 1. The van der Waals surface area contributed by atoms with Crippen LogP contribution in [-0.4, -0.2) is 45.4 Å². The number of para-hydroxylation sites is 2. The lowest BCUT2D eigenvalue weighted by atomic mass is 10.0. The van der Waals surface area contributed by atoms with Crippen LogP contribution in [0.15, 0.2) is 53.3 Å². The van der Waals surface area contributed by atoms with Gasteiger partial charge in [0, 0.05) is 19.1 Å². The van der Waals surface area contributed by atoms with Crippen LogP contribution in [0, 0.1) is 5.82 Å². The highest BCUT2D eigenvalue weighted by atomic mass is 19.1. The summed E-state index contributed by atoms with van der Waals surface area (Å²) in [5.74, 6) is -0.954. The molecule has 30 heavy (non-hydrogen) atoms. The molecular formula is C22H21FN4O3. The molecule has 0 unspecified atom stereocenters. The number of amides is 2. The summed E-state index contributed by atoms with van der Waals surface area (Å²) in [5.41, 5.74) is 1.98. The SMILES string of the molecule is O=C1C[C@H](N2CCC(n3c(=O)[nH]c4ccccc43)CC2)C(=O)N1c1ccc(F)cc1. The number of hydrogen-bond donors (Lipinski definition) is 1. The van der Waals surface area contributed by atoms with Crippen molar-refractivity contribution in [3.05, 3.63) is 64.8 Å². The quantitative estimate of drug-likeness (QED) is 0.676. The van der Waals surface area contributed by atoms with E-state index in [1.807, 2.05) is 29.2 Å². The third kappa shape index (κ3) is 3.04. The van der Waals surface area contributed by atoms with Crippen molar-refractivity contribution in [1.82, 2.24) is 14.5 Å². The molecule has 3 aromatic rings. The first-order valence-corrected chi connectivity index (χ1v) is 10.1. The van der Waals surface area contributed by atoms with Crippen LogP contribution in [0.1, 0.15) is 25.3 Å². The summed E-state index contributed by atoms with van der Waals surface area (Å²) in [7, 11) is 0. The normalized spacial score (nSPS) is 21.1. The molecule has 2 amide bonds. The molecule has 1 N–H and O–H groups in total. The molecule has 1 atom stereocenters. The summed E-state index contributed by atoms with van der Waals surface area (Å²) < 4.78 is 15.0. The number of H-pyrrole nitrogens is 1. The van der Waals surface area contributed by atoms with E-state index < -0.39 is 11.9 Å². The topological polar surface area (TPSA) is 78.4 Å². The maximum absolute atomic E-state index is 13.2. The monoisotopic (exact) mass is 408 g/mol.